The second kappa shape index (κ2) is 9.45. The van der Waals surface area contributed by atoms with Crippen LogP contribution in [0.3, 0.4) is 0 Å². The Bertz CT molecular complexity index is 1080. The Morgan fingerprint density at radius 1 is 1.03 bits per heavy atom. The monoisotopic (exact) mass is 433 g/mol. The third-order valence-electron chi connectivity index (χ3n) is 6.04. The fraction of sp³-hybridized carbons (Fsp3) is 0.280. The molecule has 6 heteroatoms. The van der Waals surface area contributed by atoms with Gasteiger partial charge in [-0.1, -0.05) is 36.4 Å². The van der Waals surface area contributed by atoms with Gasteiger partial charge in [0.2, 0.25) is 0 Å². The maximum Gasteiger partial charge on any atom is 0.313 e. The van der Waals surface area contributed by atoms with Crippen LogP contribution in [0, 0.1) is 13.8 Å². The molecule has 0 saturated carbocycles. The Morgan fingerprint density at radius 2 is 1.84 bits per heavy atom. The molecule has 0 radical (unpaired) electrons. The van der Waals surface area contributed by atoms with E-state index in [1.807, 2.05) is 32.0 Å². The minimum atomic E-state index is -0.637. The summed E-state index contributed by atoms with van der Waals surface area (Å²) in [5.74, 6) is -1.25. The van der Waals surface area contributed by atoms with Crippen molar-refractivity contribution in [2.75, 3.05) is 18.4 Å². The molecule has 31 heavy (non-hydrogen) atoms. The zero-order chi connectivity index (χ0) is 21.8. The molecule has 2 amide bonds. The first-order valence-electron chi connectivity index (χ1n) is 10.5. The SMILES string of the molecule is Cc1cccc(NC(=O)C(=O)NCC(c2ccsc2)N2CCc3ccccc3C2)c1C. The van der Waals surface area contributed by atoms with Crippen LogP contribution < -0.4 is 10.6 Å². The van der Waals surface area contributed by atoms with Crippen LogP contribution in [0.2, 0.25) is 0 Å². The first-order chi connectivity index (χ1) is 15.0. The van der Waals surface area contributed by atoms with E-state index in [9.17, 15) is 9.59 Å². The third kappa shape index (κ3) is 4.86. The van der Waals surface area contributed by atoms with Crippen LogP contribution in [-0.4, -0.2) is 29.8 Å². The predicted octanol–water partition coefficient (Wildman–Crippen LogP) is 4.22. The summed E-state index contributed by atoms with van der Waals surface area (Å²) in [6, 6.07) is 16.3. The zero-order valence-electron chi connectivity index (χ0n) is 17.9. The molecule has 0 saturated heterocycles. The van der Waals surface area contributed by atoms with Gasteiger partial charge in [-0.3, -0.25) is 14.5 Å². The second-order valence-electron chi connectivity index (χ2n) is 7.97. The number of anilines is 1. The molecule has 1 aromatic heterocycles. The van der Waals surface area contributed by atoms with Gasteiger partial charge in [0, 0.05) is 25.3 Å². The van der Waals surface area contributed by atoms with E-state index in [0.29, 0.717) is 12.2 Å². The lowest BCUT2D eigenvalue weighted by atomic mass is 9.97. The number of hydrogen-bond acceptors (Lipinski definition) is 4. The van der Waals surface area contributed by atoms with Crippen molar-refractivity contribution in [2.45, 2.75) is 32.9 Å². The number of nitrogens with zero attached hydrogens (tertiary/aromatic N) is 1. The Hall–Kier alpha value is -2.96. The minimum Gasteiger partial charge on any atom is -0.346 e. The lowest BCUT2D eigenvalue weighted by Gasteiger charge is -2.35. The average Bonchev–Trinajstić information content (AvgIpc) is 3.31. The molecular formula is C25H27N3O2S. The van der Waals surface area contributed by atoms with Gasteiger partial charge >= 0.3 is 11.8 Å². The number of aryl methyl sites for hydroxylation is 1. The van der Waals surface area contributed by atoms with Crippen molar-refractivity contribution >= 4 is 28.8 Å². The van der Waals surface area contributed by atoms with Crippen LogP contribution in [0.25, 0.3) is 0 Å². The van der Waals surface area contributed by atoms with Gasteiger partial charge in [-0.15, -0.1) is 0 Å². The molecule has 160 valence electrons. The number of rotatable bonds is 5. The molecule has 0 spiro atoms. The molecule has 0 fully saturated rings. The van der Waals surface area contributed by atoms with E-state index in [1.54, 1.807) is 11.3 Å². The Labute approximate surface area is 187 Å². The largest absolute Gasteiger partial charge is 0.346 e. The van der Waals surface area contributed by atoms with Gasteiger partial charge in [-0.25, -0.2) is 0 Å². The van der Waals surface area contributed by atoms with Gasteiger partial charge in [0.1, 0.15) is 0 Å². The van der Waals surface area contributed by atoms with E-state index >= 15 is 0 Å². The van der Waals surface area contributed by atoms with Gasteiger partial charge < -0.3 is 10.6 Å². The Kier molecular flexibility index (Phi) is 6.49. The van der Waals surface area contributed by atoms with E-state index in [-0.39, 0.29) is 6.04 Å². The normalized spacial score (nSPS) is 14.5. The summed E-state index contributed by atoms with van der Waals surface area (Å²) in [4.78, 5) is 27.4. The molecule has 3 aromatic rings. The number of benzene rings is 2. The second-order valence-corrected chi connectivity index (χ2v) is 8.75. The van der Waals surface area contributed by atoms with Crippen molar-refractivity contribution in [3.8, 4) is 0 Å². The summed E-state index contributed by atoms with van der Waals surface area (Å²) in [5.41, 5.74) is 6.59. The van der Waals surface area contributed by atoms with Gasteiger partial charge in [0.05, 0.1) is 6.04 Å². The molecule has 0 aliphatic carbocycles. The molecule has 1 aliphatic heterocycles. The van der Waals surface area contributed by atoms with Crippen LogP contribution in [-0.2, 0) is 22.6 Å². The highest BCUT2D eigenvalue weighted by Crippen LogP contribution is 2.28. The highest BCUT2D eigenvalue weighted by atomic mass is 32.1. The van der Waals surface area contributed by atoms with E-state index in [1.165, 1.54) is 16.7 Å². The van der Waals surface area contributed by atoms with E-state index in [2.05, 4.69) is 56.6 Å². The quantitative estimate of drug-likeness (QED) is 0.593. The zero-order valence-corrected chi connectivity index (χ0v) is 18.7. The number of hydrogen-bond donors (Lipinski definition) is 2. The van der Waals surface area contributed by atoms with Crippen LogP contribution in [0.5, 0.6) is 0 Å². The molecule has 0 bridgehead atoms. The first-order valence-corrected chi connectivity index (χ1v) is 11.5. The topological polar surface area (TPSA) is 61.4 Å². The highest BCUT2D eigenvalue weighted by molar-refractivity contribution is 7.08. The van der Waals surface area contributed by atoms with Crippen molar-refractivity contribution in [1.29, 1.82) is 0 Å². The molecule has 5 nitrogen and oxygen atoms in total. The van der Waals surface area contributed by atoms with E-state index in [4.69, 9.17) is 0 Å². The minimum absolute atomic E-state index is 0.0251. The van der Waals surface area contributed by atoms with Crippen molar-refractivity contribution in [1.82, 2.24) is 10.2 Å². The van der Waals surface area contributed by atoms with Crippen molar-refractivity contribution < 1.29 is 9.59 Å². The molecule has 1 unspecified atom stereocenters. The number of carbonyl (C=O) groups excluding carboxylic acids is 2. The fourth-order valence-corrected chi connectivity index (χ4v) is 4.75. The maximum atomic E-state index is 12.6. The number of thiophene rings is 1. The van der Waals surface area contributed by atoms with Crippen LogP contribution in [0.4, 0.5) is 5.69 Å². The Balaban J connectivity index is 1.43. The molecule has 1 aliphatic rings. The van der Waals surface area contributed by atoms with Crippen molar-refractivity contribution in [3.63, 3.8) is 0 Å². The van der Waals surface area contributed by atoms with Crippen molar-refractivity contribution in [3.05, 3.63) is 87.1 Å². The molecule has 1 atom stereocenters. The number of carbonyl (C=O) groups is 2. The first kappa shape index (κ1) is 21.3. The van der Waals surface area contributed by atoms with E-state index in [0.717, 1.165) is 30.6 Å². The lowest BCUT2D eigenvalue weighted by molar-refractivity contribution is -0.136. The van der Waals surface area contributed by atoms with E-state index < -0.39 is 11.8 Å². The summed E-state index contributed by atoms with van der Waals surface area (Å²) >= 11 is 1.64. The van der Waals surface area contributed by atoms with Crippen LogP contribution in [0.1, 0.15) is 33.9 Å². The highest BCUT2D eigenvalue weighted by Gasteiger charge is 2.26. The van der Waals surface area contributed by atoms with Crippen LogP contribution >= 0.6 is 11.3 Å². The van der Waals surface area contributed by atoms with Gasteiger partial charge in [0.25, 0.3) is 0 Å². The molecular weight excluding hydrogens is 406 g/mol. The third-order valence-corrected chi connectivity index (χ3v) is 6.75. The maximum absolute atomic E-state index is 12.6. The molecule has 2 N–H and O–H groups in total. The number of fused-ring (bicyclic) bond motifs is 1. The predicted molar refractivity (Wildman–Crippen MR) is 125 cm³/mol. The summed E-state index contributed by atoms with van der Waals surface area (Å²) in [5, 5.41) is 9.77. The standard InChI is InChI=1S/C25H27N3O2S/c1-17-6-5-9-22(18(17)2)27-25(30)24(29)26-14-23(21-11-13-31-16-21)28-12-10-19-7-3-4-8-20(19)15-28/h3-9,11,13,16,23H,10,12,14-15H2,1-2H3,(H,26,29)(H,27,30). The molecule has 2 aromatic carbocycles. The summed E-state index contributed by atoms with van der Waals surface area (Å²) in [6.45, 7) is 6.05. The summed E-state index contributed by atoms with van der Waals surface area (Å²) in [6.07, 6.45) is 0.984. The van der Waals surface area contributed by atoms with Crippen LogP contribution in [0.15, 0.2) is 59.3 Å². The van der Waals surface area contributed by atoms with Crippen molar-refractivity contribution in [2.24, 2.45) is 0 Å². The molecule has 2 heterocycles. The summed E-state index contributed by atoms with van der Waals surface area (Å²) in [7, 11) is 0. The van der Waals surface area contributed by atoms with Gasteiger partial charge in [0.15, 0.2) is 0 Å². The lowest BCUT2D eigenvalue weighted by Crippen LogP contribution is -2.43. The molecule has 4 rings (SSSR count). The Morgan fingerprint density at radius 3 is 2.61 bits per heavy atom. The summed E-state index contributed by atoms with van der Waals surface area (Å²) < 4.78 is 0. The smallest absolute Gasteiger partial charge is 0.313 e. The average molecular weight is 434 g/mol. The number of nitrogens with one attached hydrogen (secondary N) is 2. The van der Waals surface area contributed by atoms with Gasteiger partial charge in [-0.05, 0) is 71.0 Å². The fourth-order valence-electron chi connectivity index (χ4n) is 4.04. The van der Waals surface area contributed by atoms with Gasteiger partial charge in [-0.2, -0.15) is 11.3 Å². The number of amides is 2.